The summed E-state index contributed by atoms with van der Waals surface area (Å²) in [6.45, 7) is 2.83. The third-order valence-electron chi connectivity index (χ3n) is 3.12. The smallest absolute Gasteiger partial charge is 0.325 e. The normalized spacial score (nSPS) is 11.8. The van der Waals surface area contributed by atoms with Gasteiger partial charge >= 0.3 is 5.97 Å². The number of rotatable bonds is 9. The fraction of sp³-hybridized carbons (Fsp3) is 0.467. The topological polar surface area (TPSA) is 69.6 Å². The average molecular weight is 347 g/mol. The Kier molecular flexibility index (Phi) is 8.06. The molecule has 0 spiro atoms. The summed E-state index contributed by atoms with van der Waals surface area (Å²) >= 11 is 11.5. The molecule has 1 rings (SSSR count). The van der Waals surface area contributed by atoms with Crippen molar-refractivity contribution in [3.05, 3.63) is 29.8 Å². The van der Waals surface area contributed by atoms with Gasteiger partial charge in [-0.25, -0.2) is 0 Å². The zero-order valence-corrected chi connectivity index (χ0v) is 13.9. The summed E-state index contributed by atoms with van der Waals surface area (Å²) in [7, 11) is 0. The molecule has 0 saturated carbocycles. The molecule has 0 aliphatic carbocycles. The summed E-state index contributed by atoms with van der Waals surface area (Å²) in [6.07, 6.45) is 0.142. The molecule has 122 valence electrons. The van der Waals surface area contributed by atoms with Gasteiger partial charge in [0.1, 0.15) is 6.04 Å². The van der Waals surface area contributed by atoms with Crippen LogP contribution < -0.4 is 10.2 Å². The monoisotopic (exact) mass is 346 g/mol. The lowest BCUT2D eigenvalue weighted by Crippen LogP contribution is -2.39. The number of alkyl halides is 2. The summed E-state index contributed by atoms with van der Waals surface area (Å²) in [4.78, 5) is 24.5. The minimum atomic E-state index is -1.05. The third-order valence-corrected chi connectivity index (χ3v) is 3.46. The van der Waals surface area contributed by atoms with E-state index in [9.17, 15) is 9.59 Å². The molecule has 2 N–H and O–H groups in total. The SMILES string of the molecule is CC(NC(=O)Cc1ccc(N(CCCl)CCCl)cc1)C(=O)O. The molecule has 1 atom stereocenters. The van der Waals surface area contributed by atoms with Gasteiger partial charge in [-0.15, -0.1) is 23.2 Å². The molecule has 0 radical (unpaired) electrons. The Balaban J connectivity index is 2.64. The van der Waals surface area contributed by atoms with E-state index in [0.717, 1.165) is 11.3 Å². The highest BCUT2D eigenvalue weighted by molar-refractivity contribution is 6.18. The van der Waals surface area contributed by atoms with Crippen LogP contribution >= 0.6 is 23.2 Å². The van der Waals surface area contributed by atoms with Gasteiger partial charge in [-0.3, -0.25) is 9.59 Å². The molecule has 0 fully saturated rings. The average Bonchev–Trinajstić information content (AvgIpc) is 2.47. The molecule has 22 heavy (non-hydrogen) atoms. The maximum atomic E-state index is 11.7. The Morgan fingerprint density at radius 1 is 1.18 bits per heavy atom. The highest BCUT2D eigenvalue weighted by Crippen LogP contribution is 2.16. The number of hydrogen-bond acceptors (Lipinski definition) is 3. The number of nitrogens with zero attached hydrogens (tertiary/aromatic N) is 1. The van der Waals surface area contributed by atoms with Gasteiger partial charge in [0.05, 0.1) is 6.42 Å². The van der Waals surface area contributed by atoms with Crippen LogP contribution in [0.4, 0.5) is 5.69 Å². The van der Waals surface area contributed by atoms with E-state index < -0.39 is 12.0 Å². The minimum absolute atomic E-state index is 0.142. The first kappa shape index (κ1) is 18.6. The van der Waals surface area contributed by atoms with E-state index in [1.54, 1.807) is 0 Å². The maximum Gasteiger partial charge on any atom is 0.325 e. The molecule has 0 heterocycles. The molecular formula is C15H20Cl2N2O3. The van der Waals surface area contributed by atoms with Crippen LogP contribution in [-0.4, -0.2) is 47.9 Å². The number of aliphatic carboxylic acids is 1. The molecule has 1 unspecified atom stereocenters. The molecular weight excluding hydrogens is 327 g/mol. The van der Waals surface area contributed by atoms with Crippen molar-refractivity contribution in [2.75, 3.05) is 29.7 Å². The standard InChI is InChI=1S/C15H20Cl2N2O3/c1-11(15(21)22)18-14(20)10-12-2-4-13(5-3-12)19(8-6-16)9-7-17/h2-5,11H,6-10H2,1H3,(H,18,20)(H,21,22). The molecule has 5 nitrogen and oxygen atoms in total. The molecule has 1 aromatic carbocycles. The van der Waals surface area contributed by atoms with E-state index >= 15 is 0 Å². The van der Waals surface area contributed by atoms with Crippen molar-refractivity contribution in [2.24, 2.45) is 0 Å². The fourth-order valence-corrected chi connectivity index (χ4v) is 2.35. The lowest BCUT2D eigenvalue weighted by molar-refractivity contribution is -0.141. The Morgan fingerprint density at radius 3 is 2.18 bits per heavy atom. The van der Waals surface area contributed by atoms with Crippen LogP contribution in [0.25, 0.3) is 0 Å². The molecule has 0 aromatic heterocycles. The van der Waals surface area contributed by atoms with Crippen molar-refractivity contribution in [3.8, 4) is 0 Å². The van der Waals surface area contributed by atoms with Gasteiger partial charge in [0.2, 0.25) is 5.91 Å². The number of halogens is 2. The number of carboxylic acid groups (broad SMARTS) is 1. The van der Waals surface area contributed by atoms with Crippen LogP contribution in [0.1, 0.15) is 12.5 Å². The van der Waals surface area contributed by atoms with Gasteiger partial charge in [0, 0.05) is 30.5 Å². The van der Waals surface area contributed by atoms with E-state index in [0.29, 0.717) is 24.8 Å². The lowest BCUT2D eigenvalue weighted by Gasteiger charge is -2.23. The van der Waals surface area contributed by atoms with Gasteiger partial charge in [-0.05, 0) is 24.6 Å². The summed E-state index contributed by atoms with van der Waals surface area (Å²) in [6, 6.07) is 6.60. The lowest BCUT2D eigenvalue weighted by atomic mass is 10.1. The number of anilines is 1. The van der Waals surface area contributed by atoms with Crippen molar-refractivity contribution >= 4 is 40.8 Å². The molecule has 1 amide bonds. The van der Waals surface area contributed by atoms with Crippen LogP contribution in [0, 0.1) is 0 Å². The zero-order valence-electron chi connectivity index (χ0n) is 12.4. The molecule has 0 bridgehead atoms. The first-order valence-electron chi connectivity index (χ1n) is 6.96. The molecule has 7 heteroatoms. The number of hydrogen-bond donors (Lipinski definition) is 2. The summed E-state index contributed by atoms with van der Waals surface area (Å²) < 4.78 is 0. The van der Waals surface area contributed by atoms with Gasteiger partial charge in [0.15, 0.2) is 0 Å². The van der Waals surface area contributed by atoms with E-state index in [4.69, 9.17) is 28.3 Å². The van der Waals surface area contributed by atoms with E-state index in [-0.39, 0.29) is 12.3 Å². The maximum absolute atomic E-state index is 11.7. The number of benzene rings is 1. The van der Waals surface area contributed by atoms with Crippen LogP contribution in [0.5, 0.6) is 0 Å². The zero-order chi connectivity index (χ0) is 16.5. The number of carbonyl (C=O) groups excluding carboxylic acids is 1. The van der Waals surface area contributed by atoms with Crippen LogP contribution in [0.2, 0.25) is 0 Å². The molecule has 0 saturated heterocycles. The second-order valence-electron chi connectivity index (χ2n) is 4.84. The number of carbonyl (C=O) groups is 2. The van der Waals surface area contributed by atoms with E-state index in [1.165, 1.54) is 6.92 Å². The third kappa shape index (κ3) is 6.12. The quantitative estimate of drug-likeness (QED) is 0.672. The predicted octanol–water partition coefficient (Wildman–Crippen LogP) is 2.10. The number of nitrogens with one attached hydrogen (secondary N) is 1. The van der Waals surface area contributed by atoms with Crippen molar-refractivity contribution in [1.29, 1.82) is 0 Å². The van der Waals surface area contributed by atoms with E-state index in [1.807, 2.05) is 24.3 Å². The van der Waals surface area contributed by atoms with Crippen molar-refractivity contribution in [3.63, 3.8) is 0 Å². The second kappa shape index (κ2) is 9.54. The largest absolute Gasteiger partial charge is 0.480 e. The van der Waals surface area contributed by atoms with Crippen molar-refractivity contribution in [2.45, 2.75) is 19.4 Å². The van der Waals surface area contributed by atoms with Crippen molar-refractivity contribution < 1.29 is 14.7 Å². The van der Waals surface area contributed by atoms with Gasteiger partial charge in [-0.2, -0.15) is 0 Å². The Bertz CT molecular complexity index is 488. The Hall–Kier alpha value is -1.46. The summed E-state index contributed by atoms with van der Waals surface area (Å²) in [5.41, 5.74) is 1.81. The highest BCUT2D eigenvalue weighted by Gasteiger charge is 2.14. The summed E-state index contributed by atoms with van der Waals surface area (Å²) in [5.74, 6) is -0.357. The Morgan fingerprint density at radius 2 is 1.73 bits per heavy atom. The number of amides is 1. The van der Waals surface area contributed by atoms with Crippen LogP contribution in [0.15, 0.2) is 24.3 Å². The Labute approximate surface area is 140 Å². The van der Waals surface area contributed by atoms with Gasteiger partial charge in [-0.1, -0.05) is 12.1 Å². The first-order chi connectivity index (χ1) is 10.5. The minimum Gasteiger partial charge on any atom is -0.480 e. The molecule has 0 aliphatic heterocycles. The molecule has 1 aromatic rings. The fourth-order valence-electron chi connectivity index (χ4n) is 1.94. The first-order valence-corrected chi connectivity index (χ1v) is 8.02. The van der Waals surface area contributed by atoms with E-state index in [2.05, 4.69) is 10.2 Å². The van der Waals surface area contributed by atoms with Crippen molar-refractivity contribution in [1.82, 2.24) is 5.32 Å². The van der Waals surface area contributed by atoms with Crippen LogP contribution in [-0.2, 0) is 16.0 Å². The predicted molar refractivity (Wildman–Crippen MR) is 89.0 cm³/mol. The van der Waals surface area contributed by atoms with Crippen LogP contribution in [0.3, 0.4) is 0 Å². The van der Waals surface area contributed by atoms with Gasteiger partial charge in [0.25, 0.3) is 0 Å². The second-order valence-corrected chi connectivity index (χ2v) is 5.59. The number of carboxylic acids is 1. The van der Waals surface area contributed by atoms with Gasteiger partial charge < -0.3 is 15.3 Å². The molecule has 0 aliphatic rings. The highest BCUT2D eigenvalue weighted by atomic mass is 35.5. The summed E-state index contributed by atoms with van der Waals surface area (Å²) in [5, 5.41) is 11.2.